The molecular weight excluding hydrogens is 230 g/mol. The summed E-state index contributed by atoms with van der Waals surface area (Å²) < 4.78 is 0. The van der Waals surface area contributed by atoms with E-state index >= 15 is 0 Å². The Labute approximate surface area is 107 Å². The van der Waals surface area contributed by atoms with Crippen molar-refractivity contribution < 1.29 is 5.11 Å². The summed E-state index contributed by atoms with van der Waals surface area (Å²) in [5.41, 5.74) is 0. The van der Waals surface area contributed by atoms with E-state index in [0.717, 1.165) is 17.5 Å². The third kappa shape index (κ3) is 3.57. The van der Waals surface area contributed by atoms with Crippen LogP contribution in [0.25, 0.3) is 0 Å². The minimum atomic E-state index is 0.148. The van der Waals surface area contributed by atoms with E-state index in [1.54, 1.807) is 11.3 Å². The van der Waals surface area contributed by atoms with E-state index in [0.29, 0.717) is 6.42 Å². The molecule has 1 saturated carbocycles. The third-order valence-electron chi connectivity index (χ3n) is 3.21. The summed E-state index contributed by atoms with van der Waals surface area (Å²) in [6.45, 7) is 1.19. The maximum atomic E-state index is 8.66. The van der Waals surface area contributed by atoms with Crippen molar-refractivity contribution in [2.45, 2.75) is 38.3 Å². The minimum Gasteiger partial charge on any atom is -0.395 e. The van der Waals surface area contributed by atoms with Gasteiger partial charge in [-0.1, -0.05) is 18.3 Å². The molecule has 1 heterocycles. The number of thiophene rings is 1. The standard InChI is InChI=1S/C14H19NOS/c1-15(12-5-4-6-12)11-14-9-8-13(17-14)7-2-3-10-16/h8-9,12,16H,3-6,10-11H2,1H3. The lowest BCUT2D eigenvalue weighted by Crippen LogP contribution is -2.36. The van der Waals surface area contributed by atoms with Crippen molar-refractivity contribution in [3.8, 4) is 11.8 Å². The van der Waals surface area contributed by atoms with Crippen molar-refractivity contribution in [3.05, 3.63) is 21.9 Å². The van der Waals surface area contributed by atoms with E-state index in [9.17, 15) is 0 Å². The molecule has 0 unspecified atom stereocenters. The van der Waals surface area contributed by atoms with Crippen LogP contribution in [-0.4, -0.2) is 29.7 Å². The molecule has 1 aliphatic carbocycles. The molecular formula is C14H19NOS. The van der Waals surface area contributed by atoms with E-state index in [-0.39, 0.29) is 6.61 Å². The first-order chi connectivity index (χ1) is 8.29. The Morgan fingerprint density at radius 2 is 2.29 bits per heavy atom. The second-order valence-corrected chi connectivity index (χ2v) is 5.71. The Hall–Kier alpha value is -0.820. The molecule has 0 amide bonds. The zero-order chi connectivity index (χ0) is 12.1. The van der Waals surface area contributed by atoms with Gasteiger partial charge in [0.15, 0.2) is 0 Å². The lowest BCUT2D eigenvalue weighted by molar-refractivity contribution is 0.154. The summed E-state index contributed by atoms with van der Waals surface area (Å²) >= 11 is 1.77. The van der Waals surface area contributed by atoms with E-state index < -0.39 is 0 Å². The molecule has 0 saturated heterocycles. The van der Waals surface area contributed by atoms with Crippen LogP contribution in [-0.2, 0) is 6.54 Å². The highest BCUT2D eigenvalue weighted by molar-refractivity contribution is 7.12. The number of nitrogens with zero attached hydrogens (tertiary/aromatic N) is 1. The van der Waals surface area contributed by atoms with Gasteiger partial charge in [-0.2, -0.15) is 0 Å². The lowest BCUT2D eigenvalue weighted by Gasteiger charge is -2.34. The fourth-order valence-corrected chi connectivity index (χ4v) is 2.88. The number of hydrogen-bond acceptors (Lipinski definition) is 3. The van der Waals surface area contributed by atoms with Gasteiger partial charge in [-0.25, -0.2) is 0 Å². The minimum absolute atomic E-state index is 0.148. The molecule has 1 aromatic heterocycles. The largest absolute Gasteiger partial charge is 0.395 e. The zero-order valence-electron chi connectivity index (χ0n) is 10.3. The second kappa shape index (κ2) is 6.20. The van der Waals surface area contributed by atoms with Crippen molar-refractivity contribution in [2.24, 2.45) is 0 Å². The molecule has 0 aromatic carbocycles. The van der Waals surface area contributed by atoms with Crippen molar-refractivity contribution in [2.75, 3.05) is 13.7 Å². The normalized spacial score (nSPS) is 15.5. The van der Waals surface area contributed by atoms with Gasteiger partial charge in [0.2, 0.25) is 0 Å². The van der Waals surface area contributed by atoms with Gasteiger partial charge in [-0.05, 0) is 32.0 Å². The molecule has 0 atom stereocenters. The van der Waals surface area contributed by atoms with Gasteiger partial charge in [-0.15, -0.1) is 11.3 Å². The predicted molar refractivity (Wildman–Crippen MR) is 72.0 cm³/mol. The van der Waals surface area contributed by atoms with Crippen LogP contribution in [0.4, 0.5) is 0 Å². The molecule has 0 spiro atoms. The molecule has 0 bridgehead atoms. The van der Waals surface area contributed by atoms with Crippen molar-refractivity contribution >= 4 is 11.3 Å². The highest BCUT2D eigenvalue weighted by Gasteiger charge is 2.21. The summed E-state index contributed by atoms with van der Waals surface area (Å²) in [5.74, 6) is 6.05. The maximum absolute atomic E-state index is 8.66. The Morgan fingerprint density at radius 1 is 1.47 bits per heavy atom. The van der Waals surface area contributed by atoms with Crippen LogP contribution in [0.5, 0.6) is 0 Å². The Bertz CT molecular complexity index is 411. The van der Waals surface area contributed by atoms with Crippen LogP contribution in [0.1, 0.15) is 35.4 Å². The van der Waals surface area contributed by atoms with Gasteiger partial charge < -0.3 is 5.11 Å². The fourth-order valence-electron chi connectivity index (χ4n) is 1.94. The van der Waals surface area contributed by atoms with Crippen LogP contribution >= 0.6 is 11.3 Å². The smallest absolute Gasteiger partial charge is 0.0771 e. The quantitative estimate of drug-likeness (QED) is 0.829. The second-order valence-electron chi connectivity index (χ2n) is 4.54. The molecule has 92 valence electrons. The summed E-state index contributed by atoms with van der Waals surface area (Å²) in [6.07, 6.45) is 4.66. The van der Waals surface area contributed by atoms with Gasteiger partial charge in [0, 0.05) is 23.9 Å². The first kappa shape index (κ1) is 12.6. The number of aliphatic hydroxyl groups is 1. The average molecular weight is 249 g/mol. The number of hydrogen-bond donors (Lipinski definition) is 1. The first-order valence-corrected chi connectivity index (χ1v) is 7.00. The Kier molecular flexibility index (Phi) is 4.61. The highest BCUT2D eigenvalue weighted by atomic mass is 32.1. The van der Waals surface area contributed by atoms with Gasteiger partial charge in [0.25, 0.3) is 0 Å². The van der Waals surface area contributed by atoms with Crippen LogP contribution < -0.4 is 0 Å². The van der Waals surface area contributed by atoms with E-state index in [4.69, 9.17) is 5.11 Å². The molecule has 1 fully saturated rings. The maximum Gasteiger partial charge on any atom is 0.0771 e. The van der Waals surface area contributed by atoms with Crippen LogP contribution in [0, 0.1) is 11.8 Å². The average Bonchev–Trinajstić information content (AvgIpc) is 2.63. The first-order valence-electron chi connectivity index (χ1n) is 6.18. The van der Waals surface area contributed by atoms with E-state index in [2.05, 4.69) is 35.9 Å². The molecule has 0 radical (unpaired) electrons. The molecule has 2 rings (SSSR count). The van der Waals surface area contributed by atoms with Gasteiger partial charge in [0.05, 0.1) is 11.5 Å². The molecule has 0 aliphatic heterocycles. The topological polar surface area (TPSA) is 23.5 Å². The predicted octanol–water partition coefficient (Wildman–Crippen LogP) is 2.47. The van der Waals surface area contributed by atoms with Gasteiger partial charge in [0.1, 0.15) is 0 Å². The third-order valence-corrected chi connectivity index (χ3v) is 4.20. The monoisotopic (exact) mass is 249 g/mol. The Morgan fingerprint density at radius 3 is 2.94 bits per heavy atom. The molecule has 1 aromatic rings. The van der Waals surface area contributed by atoms with Gasteiger partial charge >= 0.3 is 0 Å². The van der Waals surface area contributed by atoms with E-state index in [1.807, 2.05) is 0 Å². The van der Waals surface area contributed by atoms with Crippen molar-refractivity contribution in [1.29, 1.82) is 0 Å². The van der Waals surface area contributed by atoms with E-state index in [1.165, 1.54) is 24.1 Å². The van der Waals surface area contributed by atoms with Crippen LogP contribution in [0.15, 0.2) is 12.1 Å². The van der Waals surface area contributed by atoms with Crippen molar-refractivity contribution in [3.63, 3.8) is 0 Å². The summed E-state index contributed by atoms with van der Waals surface area (Å²) in [6, 6.07) is 5.04. The molecule has 17 heavy (non-hydrogen) atoms. The van der Waals surface area contributed by atoms with Crippen molar-refractivity contribution in [1.82, 2.24) is 4.90 Å². The molecule has 1 N–H and O–H groups in total. The summed E-state index contributed by atoms with van der Waals surface area (Å²) in [4.78, 5) is 4.93. The number of aliphatic hydroxyl groups excluding tert-OH is 1. The molecule has 1 aliphatic rings. The highest BCUT2D eigenvalue weighted by Crippen LogP contribution is 2.26. The van der Waals surface area contributed by atoms with Crippen LogP contribution in [0.2, 0.25) is 0 Å². The lowest BCUT2D eigenvalue weighted by atomic mass is 9.92. The summed E-state index contributed by atoms with van der Waals surface area (Å²) in [7, 11) is 2.21. The molecule has 2 nitrogen and oxygen atoms in total. The SMILES string of the molecule is CN(Cc1ccc(C#CCCO)s1)C1CCC1. The number of rotatable bonds is 4. The Balaban J connectivity index is 1.87. The zero-order valence-corrected chi connectivity index (χ0v) is 11.1. The molecule has 3 heteroatoms. The summed E-state index contributed by atoms with van der Waals surface area (Å²) in [5, 5.41) is 8.66. The van der Waals surface area contributed by atoms with Crippen LogP contribution in [0.3, 0.4) is 0 Å². The van der Waals surface area contributed by atoms with Gasteiger partial charge in [-0.3, -0.25) is 4.90 Å². The fraction of sp³-hybridized carbons (Fsp3) is 0.571.